The van der Waals surface area contributed by atoms with E-state index < -0.39 is 0 Å². The van der Waals surface area contributed by atoms with Crippen molar-refractivity contribution in [3.8, 4) is 0 Å². The molecule has 0 bridgehead atoms. The summed E-state index contributed by atoms with van der Waals surface area (Å²) in [4.78, 5) is 15.1. The molecule has 2 aromatic rings. The number of aromatic nitrogens is 4. The van der Waals surface area contributed by atoms with E-state index in [1.54, 1.807) is 36.1 Å². The fourth-order valence-corrected chi connectivity index (χ4v) is 1.19. The van der Waals surface area contributed by atoms with Crippen molar-refractivity contribution in [2.24, 2.45) is 0 Å². The minimum Gasteiger partial charge on any atom is -0.463 e. The van der Waals surface area contributed by atoms with Gasteiger partial charge in [0.25, 0.3) is 5.78 Å². The van der Waals surface area contributed by atoms with Gasteiger partial charge in [-0.3, -0.25) is 4.40 Å². The predicted molar refractivity (Wildman–Crippen MR) is 56.4 cm³/mol. The van der Waals surface area contributed by atoms with Gasteiger partial charge in [0.05, 0.1) is 6.61 Å². The summed E-state index contributed by atoms with van der Waals surface area (Å²) in [5, 5.41) is 7.47. The van der Waals surface area contributed by atoms with Gasteiger partial charge >= 0.3 is 5.97 Å². The van der Waals surface area contributed by atoms with E-state index in [0.29, 0.717) is 12.4 Å². The number of nitrogens with zero attached hydrogens (tertiary/aromatic N) is 4. The third-order valence-corrected chi connectivity index (χ3v) is 1.87. The Hall–Kier alpha value is -2.24. The topological polar surface area (TPSA) is 69.4 Å². The molecule has 0 amide bonds. The SMILES string of the molecule is CCOC(=O)/C=C/c1cnc2nncn2c1. The van der Waals surface area contributed by atoms with Gasteiger partial charge in [0.2, 0.25) is 0 Å². The number of carbonyl (C=O) groups is 1. The van der Waals surface area contributed by atoms with Crippen LogP contribution in [0.1, 0.15) is 12.5 Å². The molecule has 0 radical (unpaired) electrons. The Labute approximate surface area is 91.6 Å². The van der Waals surface area contributed by atoms with Crippen molar-refractivity contribution in [3.05, 3.63) is 30.4 Å². The Morgan fingerprint density at radius 1 is 1.62 bits per heavy atom. The first kappa shape index (κ1) is 10.3. The van der Waals surface area contributed by atoms with E-state index in [-0.39, 0.29) is 5.97 Å². The first-order valence-corrected chi connectivity index (χ1v) is 4.80. The standard InChI is InChI=1S/C10H10N4O2/c1-2-16-9(15)4-3-8-5-11-10-13-12-7-14(10)6-8/h3-7H,2H2,1H3/b4-3+. The summed E-state index contributed by atoms with van der Waals surface area (Å²) in [6, 6.07) is 0. The lowest BCUT2D eigenvalue weighted by Crippen LogP contribution is -1.98. The maximum Gasteiger partial charge on any atom is 0.330 e. The molecular formula is C10H10N4O2. The fourth-order valence-electron chi connectivity index (χ4n) is 1.19. The molecule has 0 aliphatic heterocycles. The molecule has 0 atom stereocenters. The largest absolute Gasteiger partial charge is 0.463 e. The quantitative estimate of drug-likeness (QED) is 0.560. The van der Waals surface area contributed by atoms with E-state index in [2.05, 4.69) is 15.2 Å². The Morgan fingerprint density at radius 2 is 2.50 bits per heavy atom. The first-order valence-electron chi connectivity index (χ1n) is 4.80. The zero-order valence-corrected chi connectivity index (χ0v) is 8.70. The Balaban J connectivity index is 2.17. The van der Waals surface area contributed by atoms with Crippen LogP contribution in [0.2, 0.25) is 0 Å². The lowest BCUT2D eigenvalue weighted by Gasteiger charge is -1.96. The van der Waals surface area contributed by atoms with Gasteiger partial charge < -0.3 is 4.74 Å². The summed E-state index contributed by atoms with van der Waals surface area (Å²) in [6.07, 6.45) is 7.92. The smallest absolute Gasteiger partial charge is 0.330 e. The number of hydrogen-bond donors (Lipinski definition) is 0. The normalized spacial score (nSPS) is 11.1. The van der Waals surface area contributed by atoms with Gasteiger partial charge in [0.1, 0.15) is 6.33 Å². The summed E-state index contributed by atoms with van der Waals surface area (Å²) in [5.74, 6) is 0.152. The molecule has 0 saturated carbocycles. The molecular weight excluding hydrogens is 208 g/mol. The first-order chi connectivity index (χ1) is 7.79. The molecule has 0 aliphatic rings. The third-order valence-electron chi connectivity index (χ3n) is 1.87. The lowest BCUT2D eigenvalue weighted by molar-refractivity contribution is -0.137. The van der Waals surface area contributed by atoms with Gasteiger partial charge in [0.15, 0.2) is 0 Å². The van der Waals surface area contributed by atoms with Crippen molar-refractivity contribution in [1.29, 1.82) is 0 Å². The van der Waals surface area contributed by atoms with E-state index in [1.807, 2.05) is 0 Å². The number of fused-ring (bicyclic) bond motifs is 1. The highest BCUT2D eigenvalue weighted by Crippen LogP contribution is 2.02. The molecule has 16 heavy (non-hydrogen) atoms. The Kier molecular flexibility index (Phi) is 2.90. The van der Waals surface area contributed by atoms with Gasteiger partial charge in [-0.15, -0.1) is 10.2 Å². The van der Waals surface area contributed by atoms with Crippen molar-refractivity contribution < 1.29 is 9.53 Å². The van der Waals surface area contributed by atoms with Crippen LogP contribution in [-0.2, 0) is 9.53 Å². The maximum atomic E-state index is 11.1. The maximum absolute atomic E-state index is 11.1. The molecule has 0 saturated heterocycles. The zero-order valence-electron chi connectivity index (χ0n) is 8.70. The van der Waals surface area contributed by atoms with Gasteiger partial charge in [0, 0.05) is 24.0 Å². The van der Waals surface area contributed by atoms with Crippen LogP contribution in [0.5, 0.6) is 0 Å². The molecule has 82 valence electrons. The van der Waals surface area contributed by atoms with Crippen LogP contribution in [0.15, 0.2) is 24.8 Å². The third kappa shape index (κ3) is 2.22. The molecule has 2 aromatic heterocycles. The minimum atomic E-state index is -0.369. The summed E-state index contributed by atoms with van der Waals surface area (Å²) >= 11 is 0. The summed E-state index contributed by atoms with van der Waals surface area (Å²) in [5.41, 5.74) is 0.778. The fraction of sp³-hybridized carbons (Fsp3) is 0.200. The average molecular weight is 218 g/mol. The van der Waals surface area contributed by atoms with Gasteiger partial charge in [-0.2, -0.15) is 0 Å². The highest BCUT2D eigenvalue weighted by molar-refractivity contribution is 5.86. The number of hydrogen-bond acceptors (Lipinski definition) is 5. The molecule has 2 rings (SSSR count). The second-order valence-corrected chi connectivity index (χ2v) is 3.01. The Morgan fingerprint density at radius 3 is 3.31 bits per heavy atom. The van der Waals surface area contributed by atoms with Crippen molar-refractivity contribution in [3.63, 3.8) is 0 Å². The zero-order chi connectivity index (χ0) is 11.4. The molecule has 0 spiro atoms. The van der Waals surface area contributed by atoms with Crippen LogP contribution in [0, 0.1) is 0 Å². The molecule has 0 unspecified atom stereocenters. The number of ether oxygens (including phenoxy) is 1. The minimum absolute atomic E-state index is 0.367. The van der Waals surface area contributed by atoms with Gasteiger partial charge in [-0.05, 0) is 13.0 Å². The second-order valence-electron chi connectivity index (χ2n) is 3.01. The average Bonchev–Trinajstić information content (AvgIpc) is 2.74. The monoisotopic (exact) mass is 218 g/mol. The summed E-state index contributed by atoms with van der Waals surface area (Å²) < 4.78 is 6.43. The summed E-state index contributed by atoms with van der Waals surface area (Å²) in [6.45, 7) is 2.13. The molecule has 0 aromatic carbocycles. The van der Waals surface area contributed by atoms with E-state index in [4.69, 9.17) is 4.74 Å². The number of carbonyl (C=O) groups excluding carboxylic acids is 1. The van der Waals surface area contributed by atoms with Crippen molar-refractivity contribution in [2.45, 2.75) is 6.92 Å². The molecule has 0 N–H and O–H groups in total. The van der Waals surface area contributed by atoms with Crippen LogP contribution in [0.25, 0.3) is 11.9 Å². The van der Waals surface area contributed by atoms with Crippen LogP contribution in [0.3, 0.4) is 0 Å². The van der Waals surface area contributed by atoms with E-state index >= 15 is 0 Å². The predicted octanol–water partition coefficient (Wildman–Crippen LogP) is 0.701. The molecule has 6 heteroatoms. The lowest BCUT2D eigenvalue weighted by atomic mass is 10.3. The summed E-state index contributed by atoms with van der Waals surface area (Å²) in [7, 11) is 0. The highest BCUT2D eigenvalue weighted by atomic mass is 16.5. The molecule has 2 heterocycles. The van der Waals surface area contributed by atoms with Crippen LogP contribution in [-0.4, -0.2) is 32.2 Å². The van der Waals surface area contributed by atoms with E-state index in [0.717, 1.165) is 5.56 Å². The number of esters is 1. The Bertz CT molecular complexity index is 532. The second kappa shape index (κ2) is 4.52. The molecule has 0 aliphatic carbocycles. The van der Waals surface area contributed by atoms with Crippen LogP contribution >= 0.6 is 0 Å². The van der Waals surface area contributed by atoms with E-state index in [1.165, 1.54) is 6.08 Å². The number of rotatable bonds is 3. The van der Waals surface area contributed by atoms with Gasteiger partial charge in [-0.25, -0.2) is 9.78 Å². The van der Waals surface area contributed by atoms with Crippen molar-refractivity contribution in [1.82, 2.24) is 19.6 Å². The molecule has 0 fully saturated rings. The van der Waals surface area contributed by atoms with Gasteiger partial charge in [-0.1, -0.05) is 0 Å². The molecule has 6 nitrogen and oxygen atoms in total. The van der Waals surface area contributed by atoms with E-state index in [9.17, 15) is 4.79 Å². The van der Waals surface area contributed by atoms with Crippen LogP contribution < -0.4 is 0 Å². The highest BCUT2D eigenvalue weighted by Gasteiger charge is 1.97. The van der Waals surface area contributed by atoms with Crippen LogP contribution in [0.4, 0.5) is 0 Å². The van der Waals surface area contributed by atoms with Crippen molar-refractivity contribution in [2.75, 3.05) is 6.61 Å². The van der Waals surface area contributed by atoms with Crippen molar-refractivity contribution >= 4 is 17.8 Å².